The van der Waals surface area contributed by atoms with E-state index in [0.29, 0.717) is 5.11 Å². The third-order valence-corrected chi connectivity index (χ3v) is 3.50. The molecule has 5 heteroatoms. The molecule has 0 saturated carbocycles. The van der Waals surface area contributed by atoms with Crippen LogP contribution in [0.2, 0.25) is 0 Å². The first-order valence-electron chi connectivity index (χ1n) is 7.17. The fourth-order valence-corrected chi connectivity index (χ4v) is 2.36. The van der Waals surface area contributed by atoms with Crippen LogP contribution in [0.3, 0.4) is 0 Å². The van der Waals surface area contributed by atoms with Gasteiger partial charge in [-0.2, -0.15) is 5.10 Å². The van der Waals surface area contributed by atoms with Gasteiger partial charge in [0.2, 0.25) is 0 Å². The molecule has 112 valence electrons. The standard InChI is InChI=1S/C16H22N4S/c1-12-5-6-15(13(2)11-12)18-16(21)17-8-4-9-20-10-7-14(3)19-20/h5-7,10-11H,4,8-9H2,1-3H3,(H2,17,18,21). The normalized spacial score (nSPS) is 10.4. The van der Waals surface area contributed by atoms with Crippen molar-refractivity contribution in [2.45, 2.75) is 33.7 Å². The maximum Gasteiger partial charge on any atom is 0.170 e. The van der Waals surface area contributed by atoms with Crippen molar-refractivity contribution in [2.75, 3.05) is 11.9 Å². The highest BCUT2D eigenvalue weighted by Crippen LogP contribution is 2.15. The van der Waals surface area contributed by atoms with Crippen LogP contribution in [-0.4, -0.2) is 21.4 Å². The van der Waals surface area contributed by atoms with Crippen LogP contribution in [0, 0.1) is 20.8 Å². The predicted octanol–water partition coefficient (Wildman–Crippen LogP) is 3.19. The van der Waals surface area contributed by atoms with E-state index in [-0.39, 0.29) is 0 Å². The molecule has 1 aromatic carbocycles. The van der Waals surface area contributed by atoms with E-state index in [1.54, 1.807) is 0 Å². The highest BCUT2D eigenvalue weighted by molar-refractivity contribution is 7.80. The summed E-state index contributed by atoms with van der Waals surface area (Å²) in [4.78, 5) is 0. The Morgan fingerprint density at radius 1 is 1.24 bits per heavy atom. The molecule has 0 aliphatic carbocycles. The van der Waals surface area contributed by atoms with Crippen molar-refractivity contribution in [3.05, 3.63) is 47.3 Å². The molecule has 2 N–H and O–H groups in total. The van der Waals surface area contributed by atoms with E-state index in [1.807, 2.05) is 23.9 Å². The number of aromatic nitrogens is 2. The summed E-state index contributed by atoms with van der Waals surface area (Å²) in [6.45, 7) is 7.89. The van der Waals surface area contributed by atoms with Gasteiger partial charge in [0.1, 0.15) is 0 Å². The van der Waals surface area contributed by atoms with Gasteiger partial charge in [-0.1, -0.05) is 17.7 Å². The summed E-state index contributed by atoms with van der Waals surface area (Å²) in [7, 11) is 0. The van der Waals surface area contributed by atoms with Crippen molar-refractivity contribution in [2.24, 2.45) is 0 Å². The van der Waals surface area contributed by atoms with Crippen molar-refractivity contribution < 1.29 is 0 Å². The number of benzene rings is 1. The topological polar surface area (TPSA) is 41.9 Å². The van der Waals surface area contributed by atoms with E-state index >= 15 is 0 Å². The van der Waals surface area contributed by atoms with Crippen molar-refractivity contribution in [3.8, 4) is 0 Å². The molecule has 0 bridgehead atoms. The minimum atomic E-state index is 0.665. The molecule has 0 saturated heterocycles. The molecule has 0 radical (unpaired) electrons. The Bertz CT molecular complexity index is 618. The summed E-state index contributed by atoms with van der Waals surface area (Å²) in [6, 6.07) is 8.30. The lowest BCUT2D eigenvalue weighted by molar-refractivity contribution is 0.570. The molecular weight excluding hydrogens is 280 g/mol. The zero-order valence-corrected chi connectivity index (χ0v) is 13.6. The van der Waals surface area contributed by atoms with Gasteiger partial charge in [-0.25, -0.2) is 0 Å². The molecule has 2 aromatic rings. The average Bonchev–Trinajstić information content (AvgIpc) is 2.84. The van der Waals surface area contributed by atoms with Gasteiger partial charge < -0.3 is 10.6 Å². The summed E-state index contributed by atoms with van der Waals surface area (Å²) in [5.74, 6) is 0. The van der Waals surface area contributed by atoms with Crippen LogP contribution in [0.5, 0.6) is 0 Å². The Morgan fingerprint density at radius 3 is 2.71 bits per heavy atom. The molecule has 0 spiro atoms. The van der Waals surface area contributed by atoms with Crippen molar-refractivity contribution in [3.63, 3.8) is 0 Å². The molecule has 4 nitrogen and oxygen atoms in total. The molecule has 0 amide bonds. The van der Waals surface area contributed by atoms with Gasteiger partial charge in [-0.15, -0.1) is 0 Å². The number of thiocarbonyl (C=S) groups is 1. The van der Waals surface area contributed by atoms with E-state index in [0.717, 1.165) is 30.9 Å². The van der Waals surface area contributed by atoms with Crippen LogP contribution in [-0.2, 0) is 6.54 Å². The average molecular weight is 302 g/mol. The van der Waals surface area contributed by atoms with E-state index < -0.39 is 0 Å². The lowest BCUT2D eigenvalue weighted by Crippen LogP contribution is -2.30. The number of anilines is 1. The molecular formula is C16H22N4S. The molecule has 2 rings (SSSR count). The van der Waals surface area contributed by atoms with Crippen molar-refractivity contribution in [1.82, 2.24) is 15.1 Å². The van der Waals surface area contributed by atoms with Gasteiger partial charge in [0.05, 0.1) is 5.69 Å². The Kier molecular flexibility index (Phi) is 5.33. The van der Waals surface area contributed by atoms with Gasteiger partial charge in [0.25, 0.3) is 0 Å². The zero-order chi connectivity index (χ0) is 15.2. The summed E-state index contributed by atoms with van der Waals surface area (Å²) in [5.41, 5.74) is 4.56. The van der Waals surface area contributed by atoms with Crippen LogP contribution >= 0.6 is 12.2 Å². The van der Waals surface area contributed by atoms with Gasteiger partial charge in [-0.3, -0.25) is 4.68 Å². The fourth-order valence-electron chi connectivity index (χ4n) is 2.15. The number of rotatable bonds is 5. The van der Waals surface area contributed by atoms with Crippen LogP contribution in [0.1, 0.15) is 23.2 Å². The molecule has 0 fully saturated rings. The van der Waals surface area contributed by atoms with E-state index in [4.69, 9.17) is 12.2 Å². The second-order valence-corrected chi connectivity index (χ2v) is 5.68. The minimum Gasteiger partial charge on any atom is -0.362 e. The van der Waals surface area contributed by atoms with Crippen LogP contribution < -0.4 is 10.6 Å². The van der Waals surface area contributed by atoms with Crippen LogP contribution in [0.4, 0.5) is 5.69 Å². The summed E-state index contributed by atoms with van der Waals surface area (Å²) in [6.07, 6.45) is 2.98. The Balaban J connectivity index is 1.72. The van der Waals surface area contributed by atoms with Crippen molar-refractivity contribution in [1.29, 1.82) is 0 Å². The van der Waals surface area contributed by atoms with E-state index in [1.165, 1.54) is 11.1 Å². The first kappa shape index (κ1) is 15.5. The lowest BCUT2D eigenvalue weighted by atomic mass is 10.1. The third-order valence-electron chi connectivity index (χ3n) is 3.25. The number of nitrogens with zero attached hydrogens (tertiary/aromatic N) is 2. The Labute approximate surface area is 131 Å². The summed E-state index contributed by atoms with van der Waals surface area (Å²) >= 11 is 5.32. The predicted molar refractivity (Wildman–Crippen MR) is 91.7 cm³/mol. The lowest BCUT2D eigenvalue weighted by Gasteiger charge is -2.13. The van der Waals surface area contributed by atoms with Gasteiger partial charge in [0.15, 0.2) is 5.11 Å². The zero-order valence-electron chi connectivity index (χ0n) is 12.8. The maximum absolute atomic E-state index is 5.32. The number of hydrogen-bond donors (Lipinski definition) is 2. The van der Waals surface area contributed by atoms with Gasteiger partial charge >= 0.3 is 0 Å². The molecule has 21 heavy (non-hydrogen) atoms. The molecule has 0 unspecified atom stereocenters. The number of aryl methyl sites for hydroxylation is 4. The SMILES string of the molecule is Cc1ccc(NC(=S)NCCCn2ccc(C)n2)c(C)c1. The molecule has 1 aromatic heterocycles. The summed E-state index contributed by atoms with van der Waals surface area (Å²) < 4.78 is 1.96. The molecule has 0 atom stereocenters. The second kappa shape index (κ2) is 7.22. The Hall–Kier alpha value is -1.88. The number of nitrogens with one attached hydrogen (secondary N) is 2. The largest absolute Gasteiger partial charge is 0.362 e. The highest BCUT2D eigenvalue weighted by Gasteiger charge is 2.01. The monoisotopic (exact) mass is 302 g/mol. The van der Waals surface area contributed by atoms with E-state index in [9.17, 15) is 0 Å². The number of hydrogen-bond acceptors (Lipinski definition) is 2. The van der Waals surface area contributed by atoms with Gasteiger partial charge in [-0.05, 0) is 57.1 Å². The van der Waals surface area contributed by atoms with Crippen molar-refractivity contribution >= 4 is 23.0 Å². The smallest absolute Gasteiger partial charge is 0.170 e. The summed E-state index contributed by atoms with van der Waals surface area (Å²) in [5, 5.41) is 11.5. The van der Waals surface area contributed by atoms with E-state index in [2.05, 4.69) is 47.8 Å². The van der Waals surface area contributed by atoms with Crippen LogP contribution in [0.15, 0.2) is 30.5 Å². The first-order chi connectivity index (χ1) is 10.0. The quantitative estimate of drug-likeness (QED) is 0.657. The third kappa shape index (κ3) is 4.86. The first-order valence-corrected chi connectivity index (χ1v) is 7.57. The second-order valence-electron chi connectivity index (χ2n) is 5.27. The minimum absolute atomic E-state index is 0.665. The fraction of sp³-hybridized carbons (Fsp3) is 0.375. The molecule has 0 aliphatic rings. The molecule has 0 aliphatic heterocycles. The van der Waals surface area contributed by atoms with Gasteiger partial charge in [0, 0.05) is 25.0 Å². The maximum atomic E-state index is 5.32. The highest BCUT2D eigenvalue weighted by atomic mass is 32.1. The van der Waals surface area contributed by atoms with Crippen LogP contribution in [0.25, 0.3) is 0 Å². The molecule has 1 heterocycles. The Morgan fingerprint density at radius 2 is 2.05 bits per heavy atom.